The lowest BCUT2D eigenvalue weighted by atomic mass is 10.1. The topological polar surface area (TPSA) is 66.6 Å². The maximum atomic E-state index is 13.6. The Morgan fingerprint density at radius 3 is 2.72 bits per heavy atom. The van der Waals surface area contributed by atoms with Gasteiger partial charge in [0.2, 0.25) is 0 Å². The van der Waals surface area contributed by atoms with Crippen LogP contribution in [0.15, 0.2) is 12.1 Å². The lowest BCUT2D eigenvalue weighted by molar-refractivity contribution is 0.0707. The second-order valence-electron chi connectivity index (χ2n) is 4.63. The molecule has 1 aromatic carbocycles. The predicted molar refractivity (Wildman–Crippen MR) is 66.7 cm³/mol. The Kier molecular flexibility index (Phi) is 3.52. The average molecular weight is 252 g/mol. The van der Waals surface area contributed by atoms with Gasteiger partial charge in [0.05, 0.1) is 6.61 Å². The van der Waals surface area contributed by atoms with E-state index in [1.807, 2.05) is 0 Å². The van der Waals surface area contributed by atoms with Crippen LogP contribution in [0.4, 0.5) is 10.1 Å². The van der Waals surface area contributed by atoms with Crippen LogP contribution in [0.5, 0.6) is 0 Å². The van der Waals surface area contributed by atoms with E-state index < -0.39 is 5.82 Å². The van der Waals surface area contributed by atoms with Crippen molar-refractivity contribution in [2.45, 2.75) is 25.8 Å². The van der Waals surface area contributed by atoms with E-state index in [1.54, 1.807) is 11.8 Å². The Morgan fingerprint density at radius 2 is 2.22 bits per heavy atom. The number of amides is 1. The lowest BCUT2D eigenvalue weighted by Gasteiger charge is -2.21. The molecule has 0 spiro atoms. The summed E-state index contributed by atoms with van der Waals surface area (Å²) in [4.78, 5) is 13.8. The fourth-order valence-electron chi connectivity index (χ4n) is 1.93. The summed E-state index contributed by atoms with van der Waals surface area (Å²) in [6, 6.07) is 2.88. The molecule has 0 heterocycles. The van der Waals surface area contributed by atoms with Crippen LogP contribution in [0.2, 0.25) is 0 Å². The summed E-state index contributed by atoms with van der Waals surface area (Å²) in [5, 5.41) is 8.97. The maximum Gasteiger partial charge on any atom is 0.254 e. The van der Waals surface area contributed by atoms with Gasteiger partial charge in [0, 0.05) is 29.4 Å². The molecule has 4 nitrogen and oxygen atoms in total. The van der Waals surface area contributed by atoms with Crippen LogP contribution < -0.4 is 5.73 Å². The van der Waals surface area contributed by atoms with E-state index in [1.165, 1.54) is 12.1 Å². The third-order valence-corrected chi connectivity index (χ3v) is 3.22. The Balaban J connectivity index is 2.26. The molecule has 1 saturated carbocycles. The van der Waals surface area contributed by atoms with Crippen LogP contribution >= 0.6 is 0 Å². The van der Waals surface area contributed by atoms with Gasteiger partial charge in [-0.25, -0.2) is 4.39 Å². The van der Waals surface area contributed by atoms with Crippen molar-refractivity contribution in [2.75, 3.05) is 18.9 Å². The van der Waals surface area contributed by atoms with Crippen LogP contribution in [0.25, 0.3) is 0 Å². The zero-order valence-corrected chi connectivity index (χ0v) is 10.3. The molecule has 1 aromatic rings. The summed E-state index contributed by atoms with van der Waals surface area (Å²) in [7, 11) is 0. The second kappa shape index (κ2) is 4.94. The molecular weight excluding hydrogens is 235 g/mol. The third-order valence-electron chi connectivity index (χ3n) is 3.22. The average Bonchev–Trinajstić information content (AvgIpc) is 3.15. The van der Waals surface area contributed by atoms with Crippen LogP contribution in [0, 0.1) is 12.7 Å². The number of anilines is 1. The standard InChI is InChI=1S/C13H17FN2O2/c1-8-11(14)6-9(7-12(8)15)13(18)16(4-5-17)10-2-3-10/h6-7,10,17H,2-5,15H2,1H3. The van der Waals surface area contributed by atoms with Gasteiger partial charge in [-0.05, 0) is 31.9 Å². The first-order chi connectivity index (χ1) is 8.54. The molecule has 2 rings (SSSR count). The Bertz CT molecular complexity index is 449. The smallest absolute Gasteiger partial charge is 0.254 e. The first-order valence-corrected chi connectivity index (χ1v) is 6.02. The van der Waals surface area contributed by atoms with Gasteiger partial charge in [-0.15, -0.1) is 0 Å². The molecule has 1 aliphatic carbocycles. The Hall–Kier alpha value is -1.62. The van der Waals surface area contributed by atoms with Crippen molar-refractivity contribution in [1.29, 1.82) is 0 Å². The summed E-state index contributed by atoms with van der Waals surface area (Å²) >= 11 is 0. The summed E-state index contributed by atoms with van der Waals surface area (Å²) in [5.41, 5.74) is 6.54. The van der Waals surface area contributed by atoms with E-state index in [0.717, 1.165) is 12.8 Å². The van der Waals surface area contributed by atoms with Gasteiger partial charge in [0.15, 0.2) is 0 Å². The molecule has 5 heteroatoms. The monoisotopic (exact) mass is 252 g/mol. The molecule has 0 aliphatic heterocycles. The van der Waals surface area contributed by atoms with E-state index in [4.69, 9.17) is 10.8 Å². The van der Waals surface area contributed by atoms with Gasteiger partial charge >= 0.3 is 0 Å². The van der Waals surface area contributed by atoms with Crippen LogP contribution in [0.3, 0.4) is 0 Å². The van der Waals surface area contributed by atoms with Gasteiger partial charge in [-0.2, -0.15) is 0 Å². The van der Waals surface area contributed by atoms with Crippen molar-refractivity contribution in [1.82, 2.24) is 4.90 Å². The number of hydrogen-bond acceptors (Lipinski definition) is 3. The number of aliphatic hydroxyl groups excluding tert-OH is 1. The molecule has 0 unspecified atom stereocenters. The minimum Gasteiger partial charge on any atom is -0.398 e. The number of hydrogen-bond donors (Lipinski definition) is 2. The number of nitrogen functional groups attached to an aromatic ring is 1. The summed E-state index contributed by atoms with van der Waals surface area (Å²) < 4.78 is 13.6. The first kappa shape index (κ1) is 12.8. The van der Waals surface area contributed by atoms with E-state index in [0.29, 0.717) is 5.56 Å². The quantitative estimate of drug-likeness (QED) is 0.794. The van der Waals surface area contributed by atoms with E-state index >= 15 is 0 Å². The van der Waals surface area contributed by atoms with E-state index in [-0.39, 0.29) is 36.4 Å². The SMILES string of the molecule is Cc1c(N)cc(C(=O)N(CCO)C2CC2)cc1F. The van der Waals surface area contributed by atoms with E-state index in [2.05, 4.69) is 0 Å². The molecular formula is C13H17FN2O2. The molecule has 1 amide bonds. The number of rotatable bonds is 4. The molecule has 0 saturated heterocycles. The predicted octanol–water partition coefficient (Wildman–Crippen LogP) is 1.31. The van der Waals surface area contributed by atoms with Crippen molar-refractivity contribution >= 4 is 11.6 Å². The van der Waals surface area contributed by atoms with Gasteiger partial charge in [-0.1, -0.05) is 0 Å². The fraction of sp³-hybridized carbons (Fsp3) is 0.462. The highest BCUT2D eigenvalue weighted by Gasteiger charge is 2.32. The van der Waals surface area contributed by atoms with E-state index in [9.17, 15) is 9.18 Å². The molecule has 0 aromatic heterocycles. The second-order valence-corrected chi connectivity index (χ2v) is 4.63. The van der Waals surface area contributed by atoms with Crippen molar-refractivity contribution in [3.05, 3.63) is 29.1 Å². The van der Waals surface area contributed by atoms with Gasteiger partial charge in [0.1, 0.15) is 5.82 Å². The van der Waals surface area contributed by atoms with Gasteiger partial charge in [-0.3, -0.25) is 4.79 Å². The van der Waals surface area contributed by atoms with Crippen molar-refractivity contribution in [2.24, 2.45) is 0 Å². The molecule has 1 fully saturated rings. The molecule has 0 radical (unpaired) electrons. The number of nitrogens with zero attached hydrogens (tertiary/aromatic N) is 1. The number of nitrogens with two attached hydrogens (primary N) is 1. The minimum absolute atomic E-state index is 0.0912. The van der Waals surface area contributed by atoms with Crippen molar-refractivity contribution in [3.8, 4) is 0 Å². The highest BCUT2D eigenvalue weighted by atomic mass is 19.1. The lowest BCUT2D eigenvalue weighted by Crippen LogP contribution is -2.35. The highest BCUT2D eigenvalue weighted by Crippen LogP contribution is 2.29. The minimum atomic E-state index is -0.474. The summed E-state index contributed by atoms with van der Waals surface area (Å²) in [5.74, 6) is -0.741. The molecule has 3 N–H and O–H groups in total. The number of carbonyl (C=O) groups excluding carboxylic acids is 1. The fourth-order valence-corrected chi connectivity index (χ4v) is 1.93. The molecule has 18 heavy (non-hydrogen) atoms. The number of halogens is 1. The van der Waals surface area contributed by atoms with Crippen molar-refractivity contribution in [3.63, 3.8) is 0 Å². The zero-order chi connectivity index (χ0) is 13.3. The number of aliphatic hydroxyl groups is 1. The van der Waals surface area contributed by atoms with Crippen LogP contribution in [-0.2, 0) is 0 Å². The maximum absolute atomic E-state index is 13.6. The Morgan fingerprint density at radius 1 is 1.56 bits per heavy atom. The summed E-state index contributed by atoms with van der Waals surface area (Å²) in [6.07, 6.45) is 1.88. The third kappa shape index (κ3) is 2.46. The normalized spacial score (nSPS) is 14.6. The van der Waals surface area contributed by atoms with Crippen molar-refractivity contribution < 1.29 is 14.3 Å². The molecule has 98 valence electrons. The number of benzene rings is 1. The zero-order valence-electron chi connectivity index (χ0n) is 10.3. The van der Waals surface area contributed by atoms with Crippen LogP contribution in [0.1, 0.15) is 28.8 Å². The largest absolute Gasteiger partial charge is 0.398 e. The molecule has 0 atom stereocenters. The van der Waals surface area contributed by atoms with Gasteiger partial charge in [0.25, 0.3) is 5.91 Å². The van der Waals surface area contributed by atoms with Gasteiger partial charge < -0.3 is 15.7 Å². The van der Waals surface area contributed by atoms with Crippen LogP contribution in [-0.4, -0.2) is 35.1 Å². The number of carbonyl (C=O) groups is 1. The summed E-state index contributed by atoms with van der Waals surface area (Å²) in [6.45, 7) is 1.76. The highest BCUT2D eigenvalue weighted by molar-refractivity contribution is 5.95. The Labute approximate surface area is 105 Å². The molecule has 1 aliphatic rings. The molecule has 0 bridgehead atoms. The first-order valence-electron chi connectivity index (χ1n) is 6.02.